The maximum atomic E-state index is 12.7. The topological polar surface area (TPSA) is 78.9 Å². The SMILES string of the molecule is CC/C=C\C/C=C\C/C=C\C/C=C\C/C=C\CCCC(=O)OCC(COC(=O)CCCCC/C=C\C=C/CCCC)OC(=O)CCCCC/C=C\CCCCCCCCC. The minimum atomic E-state index is -0.818. The van der Waals surface area contributed by atoms with Gasteiger partial charge in [-0.3, -0.25) is 14.4 Å². The third-order valence-electron chi connectivity index (χ3n) is 9.82. The highest BCUT2D eigenvalue weighted by Gasteiger charge is 2.19. The van der Waals surface area contributed by atoms with E-state index in [1.807, 2.05) is 0 Å². The molecule has 0 heterocycles. The Morgan fingerprint density at radius 2 is 0.733 bits per heavy atom. The molecule has 60 heavy (non-hydrogen) atoms. The number of rotatable bonds is 42. The van der Waals surface area contributed by atoms with Crippen molar-refractivity contribution in [1.29, 1.82) is 0 Å². The third kappa shape index (κ3) is 45.4. The summed E-state index contributed by atoms with van der Waals surface area (Å²) in [4.78, 5) is 37.8. The zero-order valence-electron chi connectivity index (χ0n) is 38.7. The molecule has 6 nitrogen and oxygen atoms in total. The van der Waals surface area contributed by atoms with Gasteiger partial charge in [0.15, 0.2) is 6.10 Å². The normalized spacial score (nSPS) is 12.9. The van der Waals surface area contributed by atoms with Crippen LogP contribution in [0.15, 0.2) is 97.2 Å². The largest absolute Gasteiger partial charge is 0.462 e. The molecular weight excluding hydrogens is 745 g/mol. The molecule has 340 valence electrons. The maximum absolute atomic E-state index is 12.7. The molecule has 0 aromatic rings. The van der Waals surface area contributed by atoms with E-state index in [4.69, 9.17) is 14.2 Å². The van der Waals surface area contributed by atoms with Crippen LogP contribution < -0.4 is 0 Å². The molecule has 0 aliphatic carbocycles. The molecule has 0 spiro atoms. The van der Waals surface area contributed by atoms with Crippen molar-refractivity contribution in [3.05, 3.63) is 97.2 Å². The first-order valence-corrected chi connectivity index (χ1v) is 24.3. The molecule has 0 rings (SSSR count). The van der Waals surface area contributed by atoms with Crippen LogP contribution >= 0.6 is 0 Å². The highest BCUT2D eigenvalue weighted by Crippen LogP contribution is 2.12. The van der Waals surface area contributed by atoms with Crippen molar-refractivity contribution in [2.75, 3.05) is 13.2 Å². The zero-order valence-corrected chi connectivity index (χ0v) is 38.7. The molecular formula is C54H88O6. The summed E-state index contributed by atoms with van der Waals surface area (Å²) in [6, 6.07) is 0. The Morgan fingerprint density at radius 1 is 0.367 bits per heavy atom. The lowest BCUT2D eigenvalue weighted by atomic mass is 10.1. The van der Waals surface area contributed by atoms with E-state index in [2.05, 4.69) is 118 Å². The second-order valence-corrected chi connectivity index (χ2v) is 15.7. The van der Waals surface area contributed by atoms with E-state index in [0.717, 1.165) is 103 Å². The number of allylic oxidation sites excluding steroid dienone is 16. The Morgan fingerprint density at radius 3 is 1.25 bits per heavy atom. The van der Waals surface area contributed by atoms with Crippen LogP contribution in [0, 0.1) is 0 Å². The predicted octanol–water partition coefficient (Wildman–Crippen LogP) is 15.8. The van der Waals surface area contributed by atoms with Crippen LogP contribution in [0.25, 0.3) is 0 Å². The van der Waals surface area contributed by atoms with Crippen molar-refractivity contribution < 1.29 is 28.6 Å². The van der Waals surface area contributed by atoms with Crippen molar-refractivity contribution in [1.82, 2.24) is 0 Å². The molecule has 0 aliphatic heterocycles. The van der Waals surface area contributed by atoms with Gasteiger partial charge in [0, 0.05) is 19.3 Å². The predicted molar refractivity (Wildman–Crippen MR) is 256 cm³/mol. The van der Waals surface area contributed by atoms with Crippen LogP contribution in [0.5, 0.6) is 0 Å². The third-order valence-corrected chi connectivity index (χ3v) is 9.82. The van der Waals surface area contributed by atoms with Crippen LogP contribution in [0.3, 0.4) is 0 Å². The fourth-order valence-electron chi connectivity index (χ4n) is 6.15. The quantitative estimate of drug-likeness (QED) is 0.0200. The van der Waals surface area contributed by atoms with E-state index >= 15 is 0 Å². The average molecular weight is 833 g/mol. The molecule has 0 aromatic heterocycles. The molecule has 0 fully saturated rings. The van der Waals surface area contributed by atoms with Crippen LogP contribution in [-0.4, -0.2) is 37.2 Å². The Hall–Kier alpha value is -3.67. The van der Waals surface area contributed by atoms with Gasteiger partial charge >= 0.3 is 17.9 Å². The van der Waals surface area contributed by atoms with E-state index in [-0.39, 0.29) is 44.0 Å². The lowest BCUT2D eigenvalue weighted by Crippen LogP contribution is -2.30. The summed E-state index contributed by atoms with van der Waals surface area (Å²) in [6.45, 7) is 6.36. The number of hydrogen-bond acceptors (Lipinski definition) is 6. The molecule has 0 bridgehead atoms. The average Bonchev–Trinajstić information content (AvgIpc) is 3.24. The summed E-state index contributed by atoms with van der Waals surface area (Å²) < 4.78 is 16.6. The number of hydrogen-bond donors (Lipinski definition) is 0. The minimum absolute atomic E-state index is 0.117. The van der Waals surface area contributed by atoms with Crippen molar-refractivity contribution in [3.63, 3.8) is 0 Å². The van der Waals surface area contributed by atoms with Gasteiger partial charge < -0.3 is 14.2 Å². The smallest absolute Gasteiger partial charge is 0.306 e. The summed E-state index contributed by atoms with van der Waals surface area (Å²) >= 11 is 0. The van der Waals surface area contributed by atoms with Gasteiger partial charge in [-0.05, 0) is 103 Å². The molecule has 6 heteroatoms. The second-order valence-electron chi connectivity index (χ2n) is 15.7. The molecule has 0 amide bonds. The fourth-order valence-corrected chi connectivity index (χ4v) is 6.15. The highest BCUT2D eigenvalue weighted by molar-refractivity contribution is 5.71. The van der Waals surface area contributed by atoms with Gasteiger partial charge in [-0.1, -0.05) is 182 Å². The minimum Gasteiger partial charge on any atom is -0.462 e. The number of esters is 3. The van der Waals surface area contributed by atoms with Crippen molar-refractivity contribution in [2.45, 2.75) is 213 Å². The van der Waals surface area contributed by atoms with Crippen molar-refractivity contribution in [3.8, 4) is 0 Å². The monoisotopic (exact) mass is 833 g/mol. The summed E-state index contributed by atoms with van der Waals surface area (Å²) in [5.74, 6) is -1.03. The van der Waals surface area contributed by atoms with Gasteiger partial charge in [0.2, 0.25) is 0 Å². The Labute approximate surface area is 368 Å². The van der Waals surface area contributed by atoms with Gasteiger partial charge in [0.05, 0.1) is 0 Å². The van der Waals surface area contributed by atoms with Gasteiger partial charge in [0.25, 0.3) is 0 Å². The summed E-state index contributed by atoms with van der Waals surface area (Å²) in [7, 11) is 0. The molecule has 0 saturated carbocycles. The van der Waals surface area contributed by atoms with Gasteiger partial charge in [-0.15, -0.1) is 0 Å². The van der Waals surface area contributed by atoms with E-state index in [9.17, 15) is 14.4 Å². The Balaban J connectivity index is 4.53. The first kappa shape index (κ1) is 56.3. The van der Waals surface area contributed by atoms with Crippen LogP contribution in [0.2, 0.25) is 0 Å². The molecule has 0 saturated heterocycles. The lowest BCUT2D eigenvalue weighted by molar-refractivity contribution is -0.167. The van der Waals surface area contributed by atoms with Gasteiger partial charge in [-0.25, -0.2) is 0 Å². The number of unbranched alkanes of at least 4 members (excludes halogenated alkanes) is 16. The highest BCUT2D eigenvalue weighted by atomic mass is 16.6. The van der Waals surface area contributed by atoms with E-state index < -0.39 is 6.10 Å². The number of carbonyl (C=O) groups is 3. The number of carbonyl (C=O) groups excluding carboxylic acids is 3. The molecule has 1 atom stereocenters. The maximum Gasteiger partial charge on any atom is 0.306 e. The van der Waals surface area contributed by atoms with Crippen LogP contribution in [0.4, 0.5) is 0 Å². The first-order chi connectivity index (χ1) is 29.5. The zero-order chi connectivity index (χ0) is 43.7. The lowest BCUT2D eigenvalue weighted by Gasteiger charge is -2.18. The molecule has 0 N–H and O–H groups in total. The van der Waals surface area contributed by atoms with Crippen LogP contribution in [-0.2, 0) is 28.6 Å². The van der Waals surface area contributed by atoms with E-state index in [1.54, 1.807) is 0 Å². The van der Waals surface area contributed by atoms with Gasteiger partial charge in [-0.2, -0.15) is 0 Å². The first-order valence-electron chi connectivity index (χ1n) is 24.3. The standard InChI is InChI=1S/C54H88O6/c1-4-7-10-13-16-19-22-24-26-27-28-30-32-35-38-41-44-47-53(56)59-50-51(49-58-52(55)46-43-40-37-34-31-21-18-15-12-9-6-3)60-54(57)48-45-42-39-36-33-29-25-23-20-17-14-11-8-5-2/h7,10,15-16,18-19,21,24,26,28-31,33,35,38,51H,4-6,8-9,11-14,17,20,22-23,25,27,32,34,36-37,39-50H2,1-3H3/b10-7-,18-15-,19-16-,26-24-,30-28-,31-21-,33-29-,38-35-. The molecule has 0 aromatic carbocycles. The van der Waals surface area contributed by atoms with Crippen LogP contribution in [0.1, 0.15) is 207 Å². The second kappa shape index (κ2) is 48.0. The van der Waals surface area contributed by atoms with Gasteiger partial charge in [0.1, 0.15) is 13.2 Å². The number of ether oxygens (including phenoxy) is 3. The fraction of sp³-hybridized carbons (Fsp3) is 0.648. The van der Waals surface area contributed by atoms with E-state index in [1.165, 1.54) is 57.8 Å². The molecule has 0 aliphatic rings. The Kier molecular flexibility index (Phi) is 45.1. The Bertz CT molecular complexity index is 1230. The summed E-state index contributed by atoms with van der Waals surface area (Å²) in [5.41, 5.74) is 0. The summed E-state index contributed by atoms with van der Waals surface area (Å²) in [6.07, 6.45) is 62.5. The molecule has 1 unspecified atom stereocenters. The molecule has 0 radical (unpaired) electrons. The van der Waals surface area contributed by atoms with E-state index in [0.29, 0.717) is 12.8 Å². The summed E-state index contributed by atoms with van der Waals surface area (Å²) in [5, 5.41) is 0. The van der Waals surface area contributed by atoms with Crippen molar-refractivity contribution in [2.24, 2.45) is 0 Å². The van der Waals surface area contributed by atoms with Crippen molar-refractivity contribution >= 4 is 17.9 Å².